The Bertz CT molecular complexity index is 1020. The van der Waals surface area contributed by atoms with E-state index < -0.39 is 0 Å². The number of thiocarbonyl (C=S) groups is 1. The Morgan fingerprint density at radius 2 is 1.57 bits per heavy atom. The molecule has 0 saturated carbocycles. The van der Waals surface area contributed by atoms with Crippen LogP contribution >= 0.6 is 12.2 Å². The topological polar surface area (TPSA) is 58.0 Å². The maximum absolute atomic E-state index is 5.92. The maximum atomic E-state index is 5.92. The van der Waals surface area contributed by atoms with Crippen LogP contribution in [0.4, 0.5) is 0 Å². The van der Waals surface area contributed by atoms with Crippen molar-refractivity contribution in [3.05, 3.63) is 53.1 Å². The number of nitrogens with one attached hydrogen (secondary N) is 1. The minimum absolute atomic E-state index is 0.0411. The summed E-state index contributed by atoms with van der Waals surface area (Å²) < 4.78 is 13.5. The molecule has 5 heterocycles. The molecular formula is C28H42N6O2S. The number of morpholine rings is 2. The summed E-state index contributed by atoms with van der Waals surface area (Å²) in [7, 11) is 0. The SMILES string of the molecule is Cc1cc(C2C(c3ccccn3)NC(=S)N2CCCN2CCOCC2)c(C)n1CCCN1CCOCC1. The molecular weight excluding hydrogens is 484 g/mol. The molecule has 8 nitrogen and oxygen atoms in total. The molecule has 3 saturated heterocycles. The summed E-state index contributed by atoms with van der Waals surface area (Å²) in [5, 5.41) is 4.47. The fourth-order valence-electron chi connectivity index (χ4n) is 6.02. The Labute approximate surface area is 226 Å². The number of nitrogens with zero attached hydrogens (tertiary/aromatic N) is 5. The third-order valence-corrected chi connectivity index (χ3v) is 8.42. The summed E-state index contributed by atoms with van der Waals surface area (Å²) in [6.07, 6.45) is 4.10. The van der Waals surface area contributed by atoms with Crippen LogP contribution in [0.1, 0.15) is 47.6 Å². The molecule has 0 amide bonds. The van der Waals surface area contributed by atoms with Gasteiger partial charge >= 0.3 is 0 Å². The van der Waals surface area contributed by atoms with Crippen LogP contribution in [-0.2, 0) is 16.0 Å². The van der Waals surface area contributed by atoms with Gasteiger partial charge in [-0.3, -0.25) is 14.8 Å². The number of rotatable bonds is 10. The van der Waals surface area contributed by atoms with Crippen molar-refractivity contribution in [2.24, 2.45) is 0 Å². The lowest BCUT2D eigenvalue weighted by Crippen LogP contribution is -2.39. The highest BCUT2D eigenvalue weighted by molar-refractivity contribution is 7.80. The molecule has 0 radical (unpaired) electrons. The highest BCUT2D eigenvalue weighted by Gasteiger charge is 2.41. The Morgan fingerprint density at radius 1 is 0.919 bits per heavy atom. The summed E-state index contributed by atoms with van der Waals surface area (Å²) in [6.45, 7) is 16.2. The van der Waals surface area contributed by atoms with E-state index >= 15 is 0 Å². The van der Waals surface area contributed by atoms with Gasteiger partial charge in [-0.15, -0.1) is 0 Å². The molecule has 1 N–H and O–H groups in total. The Hall–Kier alpha value is -2.04. The molecule has 202 valence electrons. The molecule has 2 aromatic rings. The van der Waals surface area contributed by atoms with E-state index in [1.165, 1.54) is 17.0 Å². The largest absolute Gasteiger partial charge is 0.379 e. The molecule has 0 bridgehead atoms. The molecule has 3 aliphatic rings. The lowest BCUT2D eigenvalue weighted by atomic mass is 9.96. The predicted octanol–water partition coefficient (Wildman–Crippen LogP) is 2.92. The molecule has 9 heteroatoms. The summed E-state index contributed by atoms with van der Waals surface area (Å²) in [4.78, 5) is 12.2. The van der Waals surface area contributed by atoms with E-state index in [4.69, 9.17) is 26.7 Å². The van der Waals surface area contributed by atoms with Crippen molar-refractivity contribution in [1.29, 1.82) is 0 Å². The van der Waals surface area contributed by atoms with E-state index in [-0.39, 0.29) is 12.1 Å². The third kappa shape index (κ3) is 6.34. The monoisotopic (exact) mass is 526 g/mol. The molecule has 3 aliphatic heterocycles. The van der Waals surface area contributed by atoms with Gasteiger partial charge in [0.25, 0.3) is 0 Å². The van der Waals surface area contributed by atoms with Crippen molar-refractivity contribution in [2.75, 3.05) is 72.2 Å². The number of hydrogen-bond acceptors (Lipinski definition) is 6. The van der Waals surface area contributed by atoms with Crippen molar-refractivity contribution in [3.63, 3.8) is 0 Å². The van der Waals surface area contributed by atoms with Gasteiger partial charge in [-0.1, -0.05) is 6.07 Å². The van der Waals surface area contributed by atoms with Crippen molar-refractivity contribution in [2.45, 2.75) is 45.3 Å². The van der Waals surface area contributed by atoms with Gasteiger partial charge in [0.1, 0.15) is 0 Å². The van der Waals surface area contributed by atoms with Crippen LogP contribution in [0.3, 0.4) is 0 Å². The second-order valence-electron chi connectivity index (χ2n) is 10.4. The first kappa shape index (κ1) is 26.6. The van der Waals surface area contributed by atoms with Crippen LogP contribution in [0, 0.1) is 13.8 Å². The molecule has 0 aliphatic carbocycles. The van der Waals surface area contributed by atoms with Crippen LogP contribution in [-0.4, -0.2) is 102 Å². The average molecular weight is 527 g/mol. The average Bonchev–Trinajstić information content (AvgIpc) is 3.40. The molecule has 5 rings (SSSR count). The van der Waals surface area contributed by atoms with E-state index in [1.807, 2.05) is 12.3 Å². The van der Waals surface area contributed by atoms with Gasteiger partial charge in [0, 0.05) is 69.9 Å². The molecule has 3 fully saturated rings. The van der Waals surface area contributed by atoms with Gasteiger partial charge in [-0.05, 0) is 62.7 Å². The lowest BCUT2D eigenvalue weighted by Gasteiger charge is -2.30. The fraction of sp³-hybridized carbons (Fsp3) is 0.643. The van der Waals surface area contributed by atoms with Gasteiger partial charge in [-0.25, -0.2) is 0 Å². The summed E-state index contributed by atoms with van der Waals surface area (Å²) >= 11 is 5.92. The van der Waals surface area contributed by atoms with Crippen LogP contribution < -0.4 is 5.32 Å². The quantitative estimate of drug-likeness (QED) is 0.475. The molecule has 2 unspecified atom stereocenters. The minimum atomic E-state index is 0.0411. The van der Waals surface area contributed by atoms with Crippen molar-refractivity contribution in [1.82, 2.24) is 29.6 Å². The normalized spacial score (nSPS) is 23.5. The zero-order valence-corrected chi connectivity index (χ0v) is 23.2. The molecule has 0 aromatic carbocycles. The first-order chi connectivity index (χ1) is 18.1. The second-order valence-corrected chi connectivity index (χ2v) is 10.8. The first-order valence-electron chi connectivity index (χ1n) is 13.9. The Balaban J connectivity index is 1.33. The number of pyridine rings is 1. The number of aromatic nitrogens is 2. The van der Waals surface area contributed by atoms with Crippen LogP contribution in [0.15, 0.2) is 30.5 Å². The van der Waals surface area contributed by atoms with Gasteiger partial charge in [-0.2, -0.15) is 0 Å². The van der Waals surface area contributed by atoms with E-state index in [9.17, 15) is 0 Å². The molecule has 2 aromatic heterocycles. The minimum Gasteiger partial charge on any atom is -0.379 e. The molecule has 37 heavy (non-hydrogen) atoms. The van der Waals surface area contributed by atoms with E-state index in [0.717, 1.165) is 102 Å². The number of aryl methyl sites for hydroxylation is 1. The zero-order valence-electron chi connectivity index (χ0n) is 22.4. The molecule has 2 atom stereocenters. The van der Waals surface area contributed by atoms with Gasteiger partial charge < -0.3 is 24.3 Å². The fourth-order valence-corrected chi connectivity index (χ4v) is 6.35. The summed E-state index contributed by atoms with van der Waals surface area (Å²) in [5.74, 6) is 0. The standard InChI is InChI=1S/C28H42N6O2S/c1-22-21-24(23(2)33(22)11-5-9-31-13-17-35-18-14-31)27-26(25-7-3-4-8-29-25)30-28(37)34(27)12-6-10-32-15-19-36-20-16-32/h3-4,7-8,21,26-27H,5-6,9-20H2,1-2H3,(H,30,37). The maximum Gasteiger partial charge on any atom is 0.170 e. The van der Waals surface area contributed by atoms with E-state index in [1.54, 1.807) is 0 Å². The third-order valence-electron chi connectivity index (χ3n) is 8.07. The Morgan fingerprint density at radius 3 is 2.19 bits per heavy atom. The van der Waals surface area contributed by atoms with E-state index in [0.29, 0.717) is 0 Å². The van der Waals surface area contributed by atoms with E-state index in [2.05, 4.69) is 56.6 Å². The van der Waals surface area contributed by atoms with Crippen LogP contribution in [0.2, 0.25) is 0 Å². The van der Waals surface area contributed by atoms with Crippen molar-refractivity contribution < 1.29 is 9.47 Å². The zero-order chi connectivity index (χ0) is 25.6. The van der Waals surface area contributed by atoms with Crippen molar-refractivity contribution >= 4 is 17.3 Å². The Kier molecular flexibility index (Phi) is 9.10. The van der Waals surface area contributed by atoms with Crippen molar-refractivity contribution in [3.8, 4) is 0 Å². The first-order valence-corrected chi connectivity index (χ1v) is 14.3. The predicted molar refractivity (Wildman–Crippen MR) is 150 cm³/mol. The van der Waals surface area contributed by atoms with Gasteiger partial charge in [0.2, 0.25) is 0 Å². The summed E-state index contributed by atoms with van der Waals surface area (Å²) in [5.41, 5.74) is 5.07. The number of hydrogen-bond donors (Lipinski definition) is 1. The number of ether oxygens (including phenoxy) is 2. The second kappa shape index (κ2) is 12.7. The van der Waals surface area contributed by atoms with Crippen LogP contribution in [0.25, 0.3) is 0 Å². The highest BCUT2D eigenvalue weighted by Crippen LogP contribution is 2.40. The highest BCUT2D eigenvalue weighted by atomic mass is 32.1. The summed E-state index contributed by atoms with van der Waals surface area (Å²) in [6, 6.07) is 8.72. The smallest absolute Gasteiger partial charge is 0.170 e. The molecule has 0 spiro atoms. The lowest BCUT2D eigenvalue weighted by molar-refractivity contribution is 0.0365. The van der Waals surface area contributed by atoms with Gasteiger partial charge in [0.05, 0.1) is 44.2 Å². The van der Waals surface area contributed by atoms with Gasteiger partial charge in [0.15, 0.2) is 5.11 Å². The van der Waals surface area contributed by atoms with Crippen LogP contribution in [0.5, 0.6) is 0 Å².